The molecule has 0 saturated heterocycles. The Bertz CT molecular complexity index is 294. The normalized spacial score (nSPS) is 16.7. The zero-order valence-corrected chi connectivity index (χ0v) is 10.3. The Morgan fingerprint density at radius 3 is 3.07 bits per heavy atom. The quantitative estimate of drug-likeness (QED) is 0.831. The SMILES string of the molecule is CCNC(COC)c1cc2c(s1)CCC2. The summed E-state index contributed by atoms with van der Waals surface area (Å²) in [6, 6.07) is 2.76. The van der Waals surface area contributed by atoms with Crippen molar-refractivity contribution in [2.45, 2.75) is 32.2 Å². The van der Waals surface area contributed by atoms with Gasteiger partial charge in [-0.05, 0) is 37.4 Å². The van der Waals surface area contributed by atoms with E-state index in [1.165, 1.54) is 24.1 Å². The van der Waals surface area contributed by atoms with Crippen LogP contribution >= 0.6 is 11.3 Å². The van der Waals surface area contributed by atoms with Crippen LogP contribution in [0.4, 0.5) is 0 Å². The minimum absolute atomic E-state index is 0.385. The van der Waals surface area contributed by atoms with Crippen molar-refractivity contribution >= 4 is 11.3 Å². The van der Waals surface area contributed by atoms with Crippen molar-refractivity contribution in [2.75, 3.05) is 20.3 Å². The first-order valence-corrected chi connectivity index (χ1v) is 6.50. The van der Waals surface area contributed by atoms with Crippen LogP contribution in [0.2, 0.25) is 0 Å². The van der Waals surface area contributed by atoms with E-state index in [2.05, 4.69) is 18.3 Å². The van der Waals surface area contributed by atoms with Gasteiger partial charge in [-0.1, -0.05) is 6.92 Å². The van der Waals surface area contributed by atoms with Gasteiger partial charge in [-0.3, -0.25) is 0 Å². The maximum absolute atomic E-state index is 5.26. The van der Waals surface area contributed by atoms with Crippen LogP contribution in [0.3, 0.4) is 0 Å². The Morgan fingerprint density at radius 2 is 2.40 bits per heavy atom. The number of hydrogen-bond acceptors (Lipinski definition) is 3. The van der Waals surface area contributed by atoms with Gasteiger partial charge in [0.2, 0.25) is 0 Å². The first kappa shape index (κ1) is 11.1. The number of aryl methyl sites for hydroxylation is 2. The second-order valence-corrected chi connectivity index (χ2v) is 5.18. The lowest BCUT2D eigenvalue weighted by molar-refractivity contribution is 0.169. The number of thiophene rings is 1. The molecule has 84 valence electrons. The van der Waals surface area contributed by atoms with Gasteiger partial charge in [0.05, 0.1) is 12.6 Å². The molecule has 0 fully saturated rings. The average Bonchev–Trinajstić information content (AvgIpc) is 2.76. The highest BCUT2D eigenvalue weighted by atomic mass is 32.1. The molecule has 1 heterocycles. The molecule has 1 atom stereocenters. The first-order valence-electron chi connectivity index (χ1n) is 5.69. The van der Waals surface area contributed by atoms with Gasteiger partial charge < -0.3 is 10.1 Å². The van der Waals surface area contributed by atoms with Crippen LogP contribution in [-0.4, -0.2) is 20.3 Å². The number of methoxy groups -OCH3 is 1. The van der Waals surface area contributed by atoms with E-state index >= 15 is 0 Å². The molecule has 2 nitrogen and oxygen atoms in total. The number of rotatable bonds is 5. The fraction of sp³-hybridized carbons (Fsp3) is 0.667. The van der Waals surface area contributed by atoms with Crippen LogP contribution in [0.5, 0.6) is 0 Å². The number of fused-ring (bicyclic) bond motifs is 1. The highest BCUT2D eigenvalue weighted by Crippen LogP contribution is 2.33. The summed E-state index contributed by atoms with van der Waals surface area (Å²) in [6.07, 6.45) is 3.90. The van der Waals surface area contributed by atoms with E-state index in [0.717, 1.165) is 13.2 Å². The largest absolute Gasteiger partial charge is 0.383 e. The second-order valence-electron chi connectivity index (χ2n) is 4.02. The summed E-state index contributed by atoms with van der Waals surface area (Å²) in [7, 11) is 1.77. The molecule has 1 aliphatic rings. The molecule has 15 heavy (non-hydrogen) atoms. The van der Waals surface area contributed by atoms with Gasteiger partial charge >= 0.3 is 0 Å². The number of nitrogens with one attached hydrogen (secondary N) is 1. The van der Waals surface area contributed by atoms with E-state index in [1.54, 1.807) is 17.6 Å². The highest BCUT2D eigenvalue weighted by molar-refractivity contribution is 7.12. The van der Waals surface area contributed by atoms with Gasteiger partial charge in [0.1, 0.15) is 0 Å². The molecule has 3 heteroatoms. The zero-order valence-electron chi connectivity index (χ0n) is 9.51. The van der Waals surface area contributed by atoms with Crippen molar-refractivity contribution < 1.29 is 4.74 Å². The third kappa shape index (κ3) is 2.41. The third-order valence-corrected chi connectivity index (χ3v) is 4.24. The average molecular weight is 225 g/mol. The van der Waals surface area contributed by atoms with Gasteiger partial charge in [-0.2, -0.15) is 0 Å². The molecule has 0 amide bonds. The van der Waals surface area contributed by atoms with Crippen LogP contribution in [-0.2, 0) is 17.6 Å². The van der Waals surface area contributed by atoms with E-state index in [4.69, 9.17) is 4.74 Å². The Labute approximate surface area is 95.6 Å². The fourth-order valence-corrected chi connectivity index (χ4v) is 3.50. The monoisotopic (exact) mass is 225 g/mol. The molecule has 1 N–H and O–H groups in total. The Hall–Kier alpha value is -0.380. The van der Waals surface area contributed by atoms with E-state index in [0.29, 0.717) is 6.04 Å². The summed E-state index contributed by atoms with van der Waals surface area (Å²) >= 11 is 1.97. The van der Waals surface area contributed by atoms with Gasteiger partial charge in [0.25, 0.3) is 0 Å². The molecular weight excluding hydrogens is 206 g/mol. The Morgan fingerprint density at radius 1 is 1.53 bits per heavy atom. The summed E-state index contributed by atoms with van der Waals surface area (Å²) < 4.78 is 5.26. The van der Waals surface area contributed by atoms with E-state index in [9.17, 15) is 0 Å². The van der Waals surface area contributed by atoms with Crippen LogP contribution in [0.15, 0.2) is 6.07 Å². The maximum atomic E-state index is 5.26. The predicted molar refractivity (Wildman–Crippen MR) is 64.6 cm³/mol. The number of likely N-dealkylation sites (N-methyl/N-ethyl adjacent to an activating group) is 1. The van der Waals surface area contributed by atoms with Crippen LogP contribution in [0, 0.1) is 0 Å². The molecule has 2 rings (SSSR count). The van der Waals surface area contributed by atoms with E-state index in [1.807, 2.05) is 11.3 Å². The summed E-state index contributed by atoms with van der Waals surface area (Å²) in [5, 5.41) is 3.47. The minimum Gasteiger partial charge on any atom is -0.383 e. The predicted octanol–water partition coefficient (Wildman–Crippen LogP) is 2.53. The van der Waals surface area contributed by atoms with Crippen molar-refractivity contribution in [2.24, 2.45) is 0 Å². The molecule has 0 radical (unpaired) electrons. The van der Waals surface area contributed by atoms with E-state index < -0.39 is 0 Å². The zero-order chi connectivity index (χ0) is 10.7. The van der Waals surface area contributed by atoms with Gasteiger partial charge in [0.15, 0.2) is 0 Å². The van der Waals surface area contributed by atoms with Gasteiger partial charge in [0, 0.05) is 16.9 Å². The molecule has 0 aromatic carbocycles. The van der Waals surface area contributed by atoms with Crippen molar-refractivity contribution in [3.63, 3.8) is 0 Å². The molecule has 0 bridgehead atoms. The number of hydrogen-bond donors (Lipinski definition) is 1. The van der Waals surface area contributed by atoms with Crippen molar-refractivity contribution in [1.29, 1.82) is 0 Å². The lowest BCUT2D eigenvalue weighted by Gasteiger charge is -2.15. The van der Waals surface area contributed by atoms with Crippen molar-refractivity contribution in [3.05, 3.63) is 21.4 Å². The summed E-state index contributed by atoms with van der Waals surface area (Å²) in [4.78, 5) is 3.05. The fourth-order valence-electron chi connectivity index (χ4n) is 2.18. The third-order valence-electron chi connectivity index (χ3n) is 2.89. The molecule has 1 unspecified atom stereocenters. The molecular formula is C12H19NOS. The molecule has 0 aliphatic heterocycles. The topological polar surface area (TPSA) is 21.3 Å². The summed E-state index contributed by atoms with van der Waals surface area (Å²) in [6.45, 7) is 3.91. The standard InChI is InChI=1S/C12H19NOS/c1-3-13-10(8-14-2)12-7-9-5-4-6-11(9)15-12/h7,10,13H,3-6,8H2,1-2H3. The lowest BCUT2D eigenvalue weighted by atomic mass is 10.2. The highest BCUT2D eigenvalue weighted by Gasteiger charge is 2.19. The lowest BCUT2D eigenvalue weighted by Crippen LogP contribution is -2.24. The van der Waals surface area contributed by atoms with Crippen LogP contribution in [0.25, 0.3) is 0 Å². The molecule has 0 saturated carbocycles. The van der Waals surface area contributed by atoms with Gasteiger partial charge in [-0.15, -0.1) is 11.3 Å². The molecule has 1 aromatic heterocycles. The second kappa shape index (κ2) is 5.10. The van der Waals surface area contributed by atoms with Crippen LogP contribution < -0.4 is 5.32 Å². The van der Waals surface area contributed by atoms with Gasteiger partial charge in [-0.25, -0.2) is 0 Å². The Balaban J connectivity index is 2.11. The molecule has 0 spiro atoms. The smallest absolute Gasteiger partial charge is 0.0665 e. The summed E-state index contributed by atoms with van der Waals surface area (Å²) in [5.74, 6) is 0. The molecule has 1 aromatic rings. The van der Waals surface area contributed by atoms with E-state index in [-0.39, 0.29) is 0 Å². The molecule has 1 aliphatic carbocycles. The Kier molecular flexibility index (Phi) is 3.78. The minimum atomic E-state index is 0.385. The van der Waals surface area contributed by atoms with Crippen LogP contribution in [0.1, 0.15) is 34.7 Å². The van der Waals surface area contributed by atoms with Crippen molar-refractivity contribution in [3.8, 4) is 0 Å². The summed E-state index contributed by atoms with van der Waals surface area (Å²) in [5.41, 5.74) is 1.58. The van der Waals surface area contributed by atoms with Crippen molar-refractivity contribution in [1.82, 2.24) is 5.32 Å². The maximum Gasteiger partial charge on any atom is 0.0665 e. The number of ether oxygens (including phenoxy) is 1. The first-order chi connectivity index (χ1) is 7.35.